The van der Waals surface area contributed by atoms with Crippen LogP contribution in [-0.4, -0.2) is 22.2 Å². The molecule has 86 valence electrons. The summed E-state index contributed by atoms with van der Waals surface area (Å²) in [6, 6.07) is 9.69. The number of halogens is 1. The van der Waals surface area contributed by atoms with E-state index in [2.05, 4.69) is 26.3 Å². The van der Waals surface area contributed by atoms with E-state index in [-0.39, 0.29) is 5.91 Å². The van der Waals surface area contributed by atoms with Gasteiger partial charge in [0.15, 0.2) is 0 Å². The van der Waals surface area contributed by atoms with Crippen molar-refractivity contribution in [3.05, 3.63) is 40.5 Å². The minimum Gasteiger partial charge on any atom is -0.349 e. The first-order chi connectivity index (χ1) is 8.25. The van der Waals surface area contributed by atoms with Crippen LogP contribution in [0.1, 0.15) is 10.5 Å². The molecule has 0 radical (unpaired) electrons. The molecule has 17 heavy (non-hydrogen) atoms. The van der Waals surface area contributed by atoms with Gasteiger partial charge in [0.2, 0.25) is 0 Å². The summed E-state index contributed by atoms with van der Waals surface area (Å²) in [7, 11) is 0. The van der Waals surface area contributed by atoms with Crippen LogP contribution in [0.15, 0.2) is 34.8 Å². The highest BCUT2D eigenvalue weighted by Gasteiger charge is 2.20. The third-order valence-electron chi connectivity index (χ3n) is 2.77. The number of hydrogen-bond donors (Lipinski definition) is 1. The molecular weight excluding hydrogens is 282 g/mol. The highest BCUT2D eigenvalue weighted by molar-refractivity contribution is 9.10. The van der Waals surface area contributed by atoms with E-state index in [4.69, 9.17) is 0 Å². The second-order valence-electron chi connectivity index (χ2n) is 3.87. The number of aromatic nitrogens is 2. The molecule has 0 saturated carbocycles. The first-order valence-electron chi connectivity index (χ1n) is 5.36. The number of carbonyl (C=O) groups is 1. The predicted octanol–water partition coefficient (Wildman–Crippen LogP) is 2.06. The van der Waals surface area contributed by atoms with E-state index in [9.17, 15) is 4.79 Å². The molecule has 0 fully saturated rings. The lowest BCUT2D eigenvalue weighted by Crippen LogP contribution is -2.35. The third kappa shape index (κ3) is 1.76. The number of hydrogen-bond acceptors (Lipinski definition) is 2. The van der Waals surface area contributed by atoms with Gasteiger partial charge in [0.05, 0.1) is 12.2 Å². The third-order valence-corrected chi connectivity index (χ3v) is 3.46. The standard InChI is InChI=1S/C12H10BrN3O/c13-9-4-2-1-3-8(9)10-7-11-12(17)14-5-6-16(11)15-10/h1-4,7H,5-6H2,(H,14,17). The molecule has 1 aromatic carbocycles. The Bertz CT molecular complexity index is 591. The quantitative estimate of drug-likeness (QED) is 0.874. The number of nitrogens with one attached hydrogen (secondary N) is 1. The van der Waals surface area contributed by atoms with Crippen LogP contribution in [0, 0.1) is 0 Å². The van der Waals surface area contributed by atoms with Crippen LogP contribution in [0.4, 0.5) is 0 Å². The normalized spacial score (nSPS) is 14.3. The number of amides is 1. The van der Waals surface area contributed by atoms with Gasteiger partial charge in [-0.15, -0.1) is 0 Å². The Balaban J connectivity index is 2.11. The lowest BCUT2D eigenvalue weighted by atomic mass is 10.1. The SMILES string of the molecule is O=C1NCCn2nc(-c3ccccc3Br)cc21. The Labute approximate surface area is 107 Å². The molecule has 0 spiro atoms. The van der Waals surface area contributed by atoms with Crippen LogP contribution in [0.2, 0.25) is 0 Å². The first-order valence-corrected chi connectivity index (χ1v) is 6.16. The average Bonchev–Trinajstić information content (AvgIpc) is 2.75. The fraction of sp³-hybridized carbons (Fsp3) is 0.167. The van der Waals surface area contributed by atoms with Gasteiger partial charge in [-0.05, 0) is 12.1 Å². The zero-order chi connectivity index (χ0) is 11.8. The van der Waals surface area contributed by atoms with E-state index in [1.54, 1.807) is 4.68 Å². The van der Waals surface area contributed by atoms with Gasteiger partial charge in [0.25, 0.3) is 5.91 Å². The van der Waals surface area contributed by atoms with Gasteiger partial charge in [-0.3, -0.25) is 9.48 Å². The predicted molar refractivity (Wildman–Crippen MR) is 67.7 cm³/mol. The lowest BCUT2D eigenvalue weighted by molar-refractivity contribution is 0.0924. The van der Waals surface area contributed by atoms with E-state index in [1.165, 1.54) is 0 Å². The summed E-state index contributed by atoms with van der Waals surface area (Å²) in [5, 5.41) is 7.26. The molecule has 1 aliphatic heterocycles. The molecule has 2 aromatic rings. The molecule has 1 amide bonds. The van der Waals surface area contributed by atoms with Gasteiger partial charge in [0.1, 0.15) is 5.69 Å². The summed E-state index contributed by atoms with van der Waals surface area (Å²) in [5.41, 5.74) is 2.45. The molecule has 3 rings (SSSR count). The van der Waals surface area contributed by atoms with Crippen molar-refractivity contribution in [2.75, 3.05) is 6.54 Å². The molecule has 5 heteroatoms. The van der Waals surface area contributed by atoms with Crippen LogP contribution in [0.25, 0.3) is 11.3 Å². The summed E-state index contributed by atoms with van der Waals surface area (Å²) in [6.45, 7) is 1.37. The second kappa shape index (κ2) is 4.00. The fourth-order valence-electron chi connectivity index (χ4n) is 1.94. The highest BCUT2D eigenvalue weighted by atomic mass is 79.9. The maximum Gasteiger partial charge on any atom is 0.269 e. The van der Waals surface area contributed by atoms with Crippen molar-refractivity contribution in [3.63, 3.8) is 0 Å². The Morgan fingerprint density at radius 3 is 2.94 bits per heavy atom. The summed E-state index contributed by atoms with van der Waals surface area (Å²) < 4.78 is 2.74. The smallest absolute Gasteiger partial charge is 0.269 e. The molecule has 4 nitrogen and oxygen atoms in total. The van der Waals surface area contributed by atoms with E-state index in [1.807, 2.05) is 30.3 Å². The molecule has 1 aliphatic rings. The van der Waals surface area contributed by atoms with E-state index in [0.29, 0.717) is 12.2 Å². The zero-order valence-corrected chi connectivity index (χ0v) is 10.6. The maximum atomic E-state index is 11.6. The second-order valence-corrected chi connectivity index (χ2v) is 4.73. The first kappa shape index (κ1) is 10.5. The molecule has 0 bridgehead atoms. The fourth-order valence-corrected chi connectivity index (χ4v) is 2.42. The van der Waals surface area contributed by atoms with E-state index in [0.717, 1.165) is 22.3 Å². The van der Waals surface area contributed by atoms with Gasteiger partial charge in [-0.25, -0.2) is 0 Å². The molecule has 1 N–H and O–H groups in total. The summed E-state index contributed by atoms with van der Waals surface area (Å²) in [6.07, 6.45) is 0. The van der Waals surface area contributed by atoms with Gasteiger partial charge < -0.3 is 5.32 Å². The maximum absolute atomic E-state index is 11.6. The monoisotopic (exact) mass is 291 g/mol. The lowest BCUT2D eigenvalue weighted by Gasteiger charge is -2.13. The Hall–Kier alpha value is -1.62. The summed E-state index contributed by atoms with van der Waals surface area (Å²) in [5.74, 6) is -0.0537. The van der Waals surface area contributed by atoms with Crippen LogP contribution >= 0.6 is 15.9 Å². The minimum atomic E-state index is -0.0537. The van der Waals surface area contributed by atoms with Crippen molar-refractivity contribution in [2.24, 2.45) is 0 Å². The van der Waals surface area contributed by atoms with Crippen molar-refractivity contribution < 1.29 is 4.79 Å². The van der Waals surface area contributed by atoms with E-state index >= 15 is 0 Å². The van der Waals surface area contributed by atoms with Crippen molar-refractivity contribution in [2.45, 2.75) is 6.54 Å². The molecular formula is C12H10BrN3O. The van der Waals surface area contributed by atoms with Gasteiger partial charge >= 0.3 is 0 Å². The van der Waals surface area contributed by atoms with Gasteiger partial charge in [0, 0.05) is 16.6 Å². The van der Waals surface area contributed by atoms with E-state index < -0.39 is 0 Å². The van der Waals surface area contributed by atoms with Crippen LogP contribution in [0.5, 0.6) is 0 Å². The van der Waals surface area contributed by atoms with Crippen LogP contribution in [-0.2, 0) is 6.54 Å². The number of nitrogens with zero attached hydrogens (tertiary/aromatic N) is 2. The van der Waals surface area contributed by atoms with Crippen LogP contribution in [0.3, 0.4) is 0 Å². The molecule has 0 unspecified atom stereocenters. The topological polar surface area (TPSA) is 46.9 Å². The largest absolute Gasteiger partial charge is 0.349 e. The minimum absolute atomic E-state index is 0.0537. The van der Waals surface area contributed by atoms with Crippen molar-refractivity contribution in [1.82, 2.24) is 15.1 Å². The molecule has 2 heterocycles. The Kier molecular flexibility index (Phi) is 2.48. The molecule has 0 atom stereocenters. The average molecular weight is 292 g/mol. The zero-order valence-electron chi connectivity index (χ0n) is 8.98. The molecule has 0 aliphatic carbocycles. The van der Waals surface area contributed by atoms with Crippen molar-refractivity contribution >= 4 is 21.8 Å². The summed E-state index contributed by atoms with van der Waals surface area (Å²) >= 11 is 3.49. The number of fused-ring (bicyclic) bond motifs is 1. The van der Waals surface area contributed by atoms with Gasteiger partial charge in [-0.1, -0.05) is 34.1 Å². The number of benzene rings is 1. The Morgan fingerprint density at radius 2 is 2.18 bits per heavy atom. The highest BCUT2D eigenvalue weighted by Crippen LogP contribution is 2.27. The number of rotatable bonds is 1. The van der Waals surface area contributed by atoms with Crippen LogP contribution < -0.4 is 5.32 Å². The van der Waals surface area contributed by atoms with Gasteiger partial charge in [-0.2, -0.15) is 5.10 Å². The Morgan fingerprint density at radius 1 is 1.35 bits per heavy atom. The summed E-state index contributed by atoms with van der Waals surface area (Å²) in [4.78, 5) is 11.6. The molecule has 1 aromatic heterocycles. The number of carbonyl (C=O) groups excluding carboxylic acids is 1. The van der Waals surface area contributed by atoms with Crippen molar-refractivity contribution in [3.8, 4) is 11.3 Å². The molecule has 0 saturated heterocycles. The van der Waals surface area contributed by atoms with Crippen molar-refractivity contribution in [1.29, 1.82) is 0 Å².